The van der Waals surface area contributed by atoms with Gasteiger partial charge in [0, 0.05) is 45.8 Å². The topological polar surface area (TPSA) is 62.2 Å². The summed E-state index contributed by atoms with van der Waals surface area (Å²) in [6, 6.07) is 5.67. The number of rotatable bonds is 8. The molecule has 0 N–H and O–H groups in total. The van der Waals surface area contributed by atoms with Crippen molar-refractivity contribution in [3.63, 3.8) is 0 Å². The number of hydrogen-bond acceptors (Lipinski definition) is 5. The molecule has 128 valence electrons. The lowest BCUT2D eigenvalue weighted by Gasteiger charge is -2.19. The standard InChI is InChI=1S/C18H25N5O/c1-4-5-13-22(2)17(24)16-8-12-20-18(21-16)23(3)14-9-15-6-10-19-11-7-15/h6-8,10-12H,4-5,9,13-14H2,1-3H3. The van der Waals surface area contributed by atoms with Crippen LogP contribution in [0.1, 0.15) is 35.8 Å². The van der Waals surface area contributed by atoms with Crippen LogP contribution >= 0.6 is 0 Å². The van der Waals surface area contributed by atoms with E-state index in [-0.39, 0.29) is 5.91 Å². The normalized spacial score (nSPS) is 10.5. The molecule has 2 aromatic rings. The summed E-state index contributed by atoms with van der Waals surface area (Å²) in [6.45, 7) is 3.62. The Morgan fingerprint density at radius 2 is 1.83 bits per heavy atom. The van der Waals surface area contributed by atoms with Crippen molar-refractivity contribution in [1.82, 2.24) is 19.9 Å². The van der Waals surface area contributed by atoms with Gasteiger partial charge in [-0.05, 0) is 36.6 Å². The average Bonchev–Trinajstić information content (AvgIpc) is 2.64. The van der Waals surface area contributed by atoms with Gasteiger partial charge in [0.1, 0.15) is 5.69 Å². The number of carbonyl (C=O) groups excluding carboxylic acids is 1. The van der Waals surface area contributed by atoms with Gasteiger partial charge in [-0.1, -0.05) is 13.3 Å². The summed E-state index contributed by atoms with van der Waals surface area (Å²) < 4.78 is 0. The predicted molar refractivity (Wildman–Crippen MR) is 95.1 cm³/mol. The summed E-state index contributed by atoms with van der Waals surface area (Å²) in [5.41, 5.74) is 1.65. The van der Waals surface area contributed by atoms with Crippen LogP contribution in [0, 0.1) is 0 Å². The van der Waals surface area contributed by atoms with E-state index in [1.165, 1.54) is 5.56 Å². The van der Waals surface area contributed by atoms with Crippen LogP contribution in [-0.4, -0.2) is 52.9 Å². The molecule has 6 heteroatoms. The molecule has 0 radical (unpaired) electrons. The smallest absolute Gasteiger partial charge is 0.272 e. The second-order valence-electron chi connectivity index (χ2n) is 5.85. The van der Waals surface area contributed by atoms with Crippen molar-refractivity contribution in [3.8, 4) is 0 Å². The molecule has 0 aliphatic heterocycles. The molecule has 0 spiro atoms. The molecule has 0 unspecified atom stereocenters. The zero-order valence-electron chi connectivity index (χ0n) is 14.6. The Labute approximate surface area is 143 Å². The molecular weight excluding hydrogens is 302 g/mol. The number of anilines is 1. The highest BCUT2D eigenvalue weighted by atomic mass is 16.2. The van der Waals surface area contributed by atoms with E-state index in [0.29, 0.717) is 11.6 Å². The Kier molecular flexibility index (Phi) is 6.66. The number of likely N-dealkylation sites (N-methyl/N-ethyl adjacent to an activating group) is 1. The monoisotopic (exact) mass is 327 g/mol. The first-order valence-electron chi connectivity index (χ1n) is 8.30. The van der Waals surface area contributed by atoms with Crippen molar-refractivity contribution in [1.29, 1.82) is 0 Å². The van der Waals surface area contributed by atoms with E-state index < -0.39 is 0 Å². The summed E-state index contributed by atoms with van der Waals surface area (Å²) >= 11 is 0. The zero-order chi connectivity index (χ0) is 17.4. The van der Waals surface area contributed by atoms with E-state index in [4.69, 9.17) is 0 Å². The van der Waals surface area contributed by atoms with Gasteiger partial charge in [-0.15, -0.1) is 0 Å². The van der Waals surface area contributed by atoms with Gasteiger partial charge in [-0.2, -0.15) is 0 Å². The molecule has 0 bridgehead atoms. The molecule has 1 amide bonds. The molecule has 2 rings (SSSR count). The Morgan fingerprint density at radius 3 is 2.54 bits per heavy atom. The third-order valence-corrected chi connectivity index (χ3v) is 3.88. The summed E-state index contributed by atoms with van der Waals surface area (Å²) in [7, 11) is 3.75. The molecular formula is C18H25N5O. The second-order valence-corrected chi connectivity index (χ2v) is 5.85. The van der Waals surface area contributed by atoms with E-state index in [0.717, 1.165) is 32.4 Å². The van der Waals surface area contributed by atoms with Gasteiger partial charge in [0.15, 0.2) is 0 Å². The zero-order valence-corrected chi connectivity index (χ0v) is 14.6. The summed E-state index contributed by atoms with van der Waals surface area (Å²) in [5.74, 6) is 0.508. The number of aromatic nitrogens is 3. The first-order chi connectivity index (χ1) is 11.6. The molecule has 0 saturated heterocycles. The van der Waals surface area contributed by atoms with Crippen LogP contribution in [0.2, 0.25) is 0 Å². The van der Waals surface area contributed by atoms with Crippen LogP contribution in [0.25, 0.3) is 0 Å². The number of unbranched alkanes of at least 4 members (excludes halogenated alkanes) is 1. The maximum Gasteiger partial charge on any atom is 0.272 e. The SMILES string of the molecule is CCCCN(C)C(=O)c1ccnc(N(C)CCc2ccncc2)n1. The predicted octanol–water partition coefficient (Wildman–Crippen LogP) is 2.42. The number of amides is 1. The quantitative estimate of drug-likeness (QED) is 0.745. The highest BCUT2D eigenvalue weighted by Crippen LogP contribution is 2.09. The van der Waals surface area contributed by atoms with Gasteiger partial charge < -0.3 is 9.80 Å². The molecule has 0 aromatic carbocycles. The molecule has 2 aromatic heterocycles. The third-order valence-electron chi connectivity index (χ3n) is 3.88. The van der Waals surface area contributed by atoms with Crippen molar-refractivity contribution in [2.24, 2.45) is 0 Å². The van der Waals surface area contributed by atoms with E-state index in [9.17, 15) is 4.79 Å². The summed E-state index contributed by atoms with van der Waals surface area (Å²) in [4.78, 5) is 28.8. The highest BCUT2D eigenvalue weighted by molar-refractivity contribution is 5.92. The van der Waals surface area contributed by atoms with Crippen LogP contribution in [0.15, 0.2) is 36.8 Å². The summed E-state index contributed by atoms with van der Waals surface area (Å²) in [6.07, 6.45) is 8.15. The molecule has 0 atom stereocenters. The van der Waals surface area contributed by atoms with Crippen molar-refractivity contribution in [3.05, 3.63) is 48.0 Å². The van der Waals surface area contributed by atoms with E-state index in [1.807, 2.05) is 31.1 Å². The fraction of sp³-hybridized carbons (Fsp3) is 0.444. The lowest BCUT2D eigenvalue weighted by Crippen LogP contribution is -2.29. The Bertz CT molecular complexity index is 647. The lowest BCUT2D eigenvalue weighted by molar-refractivity contribution is 0.0787. The van der Waals surface area contributed by atoms with Gasteiger partial charge in [-0.3, -0.25) is 9.78 Å². The van der Waals surface area contributed by atoms with Crippen LogP contribution in [0.4, 0.5) is 5.95 Å². The minimum absolute atomic E-state index is 0.0605. The summed E-state index contributed by atoms with van der Waals surface area (Å²) in [5, 5.41) is 0. The Morgan fingerprint density at radius 1 is 1.08 bits per heavy atom. The minimum Gasteiger partial charge on any atom is -0.344 e. The molecule has 24 heavy (non-hydrogen) atoms. The molecule has 0 aliphatic carbocycles. The average molecular weight is 327 g/mol. The van der Waals surface area contributed by atoms with Crippen LogP contribution < -0.4 is 4.90 Å². The fourth-order valence-electron chi connectivity index (χ4n) is 2.29. The van der Waals surface area contributed by atoms with Gasteiger partial charge in [0.2, 0.25) is 5.95 Å². The van der Waals surface area contributed by atoms with Crippen molar-refractivity contribution in [2.45, 2.75) is 26.2 Å². The largest absolute Gasteiger partial charge is 0.344 e. The first kappa shape index (κ1) is 17.8. The molecule has 6 nitrogen and oxygen atoms in total. The highest BCUT2D eigenvalue weighted by Gasteiger charge is 2.15. The maximum atomic E-state index is 12.4. The van der Waals surface area contributed by atoms with Crippen LogP contribution in [-0.2, 0) is 6.42 Å². The van der Waals surface area contributed by atoms with E-state index in [1.54, 1.807) is 29.6 Å². The van der Waals surface area contributed by atoms with Gasteiger partial charge in [0.25, 0.3) is 5.91 Å². The van der Waals surface area contributed by atoms with Crippen LogP contribution in [0.5, 0.6) is 0 Å². The Balaban J connectivity index is 1.99. The van der Waals surface area contributed by atoms with Crippen LogP contribution in [0.3, 0.4) is 0 Å². The van der Waals surface area contributed by atoms with E-state index in [2.05, 4.69) is 21.9 Å². The first-order valence-corrected chi connectivity index (χ1v) is 8.30. The number of nitrogens with zero attached hydrogens (tertiary/aromatic N) is 5. The fourth-order valence-corrected chi connectivity index (χ4v) is 2.29. The molecule has 0 fully saturated rings. The van der Waals surface area contributed by atoms with Gasteiger partial charge >= 0.3 is 0 Å². The van der Waals surface area contributed by atoms with Crippen molar-refractivity contribution in [2.75, 3.05) is 32.1 Å². The van der Waals surface area contributed by atoms with Gasteiger partial charge in [-0.25, -0.2) is 9.97 Å². The van der Waals surface area contributed by atoms with E-state index >= 15 is 0 Å². The lowest BCUT2D eigenvalue weighted by atomic mass is 10.2. The van der Waals surface area contributed by atoms with Gasteiger partial charge in [0.05, 0.1) is 0 Å². The third kappa shape index (κ3) is 5.01. The molecule has 0 aliphatic rings. The molecule has 2 heterocycles. The van der Waals surface area contributed by atoms with Crippen molar-refractivity contribution >= 4 is 11.9 Å². The minimum atomic E-state index is -0.0605. The Hall–Kier alpha value is -2.50. The maximum absolute atomic E-state index is 12.4. The molecule has 0 saturated carbocycles. The van der Waals surface area contributed by atoms with Crippen molar-refractivity contribution < 1.29 is 4.79 Å². The number of carbonyl (C=O) groups is 1. The number of hydrogen-bond donors (Lipinski definition) is 0. The number of pyridine rings is 1. The second kappa shape index (κ2) is 8.96.